The number of aryl methyl sites for hydroxylation is 1. The van der Waals surface area contributed by atoms with Crippen LogP contribution in [0.3, 0.4) is 0 Å². The predicted octanol–water partition coefficient (Wildman–Crippen LogP) is 4.38. The average molecular weight is 327 g/mol. The number of urea groups is 1. The zero-order valence-electron chi connectivity index (χ0n) is 12.5. The van der Waals surface area contributed by atoms with E-state index in [4.69, 9.17) is 11.6 Å². The fourth-order valence-corrected chi connectivity index (χ4v) is 2.28. The lowest BCUT2D eigenvalue weighted by molar-refractivity contribution is 0.262. The molecule has 6 heteroatoms. The van der Waals surface area contributed by atoms with E-state index >= 15 is 0 Å². The highest BCUT2D eigenvalue weighted by Gasteiger charge is 2.06. The Kier molecular flexibility index (Phi) is 4.30. The monoisotopic (exact) mass is 326 g/mol. The fourth-order valence-electron chi connectivity index (χ4n) is 2.15. The van der Waals surface area contributed by atoms with Gasteiger partial charge in [-0.3, -0.25) is 4.68 Å². The van der Waals surface area contributed by atoms with Crippen molar-refractivity contribution < 1.29 is 4.79 Å². The molecular weight excluding hydrogens is 312 g/mol. The minimum atomic E-state index is -0.314. The van der Waals surface area contributed by atoms with E-state index in [0.29, 0.717) is 16.4 Å². The van der Waals surface area contributed by atoms with Gasteiger partial charge in [0, 0.05) is 35.2 Å². The molecule has 0 fully saturated rings. The second kappa shape index (κ2) is 6.54. The summed E-state index contributed by atoms with van der Waals surface area (Å²) < 4.78 is 1.74. The van der Waals surface area contributed by atoms with Crippen LogP contribution in [0.5, 0.6) is 0 Å². The van der Waals surface area contributed by atoms with Crippen molar-refractivity contribution in [2.24, 2.45) is 7.05 Å². The summed E-state index contributed by atoms with van der Waals surface area (Å²) >= 11 is 5.82. The van der Waals surface area contributed by atoms with Crippen LogP contribution in [-0.2, 0) is 7.05 Å². The van der Waals surface area contributed by atoms with E-state index in [2.05, 4.69) is 15.7 Å². The number of nitrogens with one attached hydrogen (secondary N) is 2. The van der Waals surface area contributed by atoms with Crippen molar-refractivity contribution in [2.75, 3.05) is 10.6 Å². The maximum absolute atomic E-state index is 12.0. The Hall–Kier alpha value is -2.79. The lowest BCUT2D eigenvalue weighted by Crippen LogP contribution is -2.19. The summed E-state index contributed by atoms with van der Waals surface area (Å²) in [6.07, 6.45) is 1.88. The summed E-state index contributed by atoms with van der Waals surface area (Å²) in [7, 11) is 1.87. The molecule has 0 atom stereocenters. The van der Waals surface area contributed by atoms with Crippen molar-refractivity contribution >= 4 is 29.0 Å². The molecule has 0 saturated heterocycles. The third-order valence-corrected chi connectivity index (χ3v) is 3.48. The molecule has 0 aliphatic carbocycles. The molecule has 2 aromatic carbocycles. The van der Waals surface area contributed by atoms with Gasteiger partial charge in [-0.2, -0.15) is 5.10 Å². The SMILES string of the molecule is Cn1ccc(-c2cccc(NC(=O)Nc3ccc(Cl)cc3)c2)n1. The van der Waals surface area contributed by atoms with Crippen molar-refractivity contribution in [2.45, 2.75) is 0 Å². The van der Waals surface area contributed by atoms with E-state index in [9.17, 15) is 4.79 Å². The van der Waals surface area contributed by atoms with Crippen LogP contribution in [0.4, 0.5) is 16.2 Å². The van der Waals surface area contributed by atoms with Crippen LogP contribution < -0.4 is 10.6 Å². The zero-order valence-corrected chi connectivity index (χ0v) is 13.2. The van der Waals surface area contributed by atoms with Crippen LogP contribution in [0.1, 0.15) is 0 Å². The molecule has 1 heterocycles. The Bertz CT molecular complexity index is 827. The molecular formula is C17H15ClN4O. The molecule has 23 heavy (non-hydrogen) atoms. The highest BCUT2D eigenvalue weighted by molar-refractivity contribution is 6.30. The van der Waals surface area contributed by atoms with Gasteiger partial charge in [0.25, 0.3) is 0 Å². The third-order valence-electron chi connectivity index (χ3n) is 3.23. The second-order valence-corrected chi connectivity index (χ2v) is 5.48. The quantitative estimate of drug-likeness (QED) is 0.750. The van der Waals surface area contributed by atoms with Crippen molar-refractivity contribution in [1.82, 2.24) is 9.78 Å². The third kappa shape index (κ3) is 3.90. The maximum Gasteiger partial charge on any atom is 0.323 e. The lowest BCUT2D eigenvalue weighted by atomic mass is 10.1. The summed E-state index contributed by atoms with van der Waals surface area (Å²) in [6, 6.07) is 16.1. The lowest BCUT2D eigenvalue weighted by Gasteiger charge is -2.08. The first kappa shape index (κ1) is 15.1. The zero-order chi connectivity index (χ0) is 16.2. The molecule has 0 saturated carbocycles. The molecule has 2 N–H and O–H groups in total. The topological polar surface area (TPSA) is 59.0 Å². The number of benzene rings is 2. The van der Waals surface area contributed by atoms with Crippen molar-refractivity contribution in [3.63, 3.8) is 0 Å². The van der Waals surface area contributed by atoms with Crippen molar-refractivity contribution in [1.29, 1.82) is 0 Å². The smallest absolute Gasteiger partial charge is 0.308 e. The highest BCUT2D eigenvalue weighted by Crippen LogP contribution is 2.21. The van der Waals surface area contributed by atoms with Crippen molar-refractivity contribution in [3.8, 4) is 11.3 Å². The van der Waals surface area contributed by atoms with Crippen LogP contribution in [0.25, 0.3) is 11.3 Å². The molecule has 116 valence electrons. The van der Waals surface area contributed by atoms with Gasteiger partial charge in [-0.1, -0.05) is 23.7 Å². The number of carbonyl (C=O) groups is 1. The van der Waals surface area contributed by atoms with Gasteiger partial charge in [0.1, 0.15) is 0 Å². The number of halogens is 1. The van der Waals surface area contributed by atoms with Crippen LogP contribution in [0, 0.1) is 0 Å². The van der Waals surface area contributed by atoms with Gasteiger partial charge < -0.3 is 10.6 Å². The molecule has 1 aromatic heterocycles. The van der Waals surface area contributed by atoms with Crippen LogP contribution in [0.2, 0.25) is 5.02 Å². The number of anilines is 2. The van der Waals surface area contributed by atoms with Crippen LogP contribution >= 0.6 is 11.6 Å². The largest absolute Gasteiger partial charge is 0.323 e. The van der Waals surface area contributed by atoms with Gasteiger partial charge in [-0.05, 0) is 42.5 Å². The number of carbonyl (C=O) groups excluding carboxylic acids is 1. The number of hydrogen-bond donors (Lipinski definition) is 2. The Morgan fingerprint density at radius 2 is 1.78 bits per heavy atom. The summed E-state index contributed by atoms with van der Waals surface area (Å²) in [5, 5.41) is 10.5. The molecule has 0 aliphatic rings. The molecule has 5 nitrogen and oxygen atoms in total. The van der Waals surface area contributed by atoms with Gasteiger partial charge in [0.2, 0.25) is 0 Å². The van der Waals surface area contributed by atoms with Crippen LogP contribution in [0.15, 0.2) is 60.8 Å². The van der Waals surface area contributed by atoms with E-state index < -0.39 is 0 Å². The van der Waals surface area contributed by atoms with Gasteiger partial charge >= 0.3 is 6.03 Å². The maximum atomic E-state index is 12.0. The first-order valence-corrected chi connectivity index (χ1v) is 7.41. The summed E-state index contributed by atoms with van der Waals surface area (Å²) in [5.41, 5.74) is 3.16. The Balaban J connectivity index is 1.70. The standard InChI is InChI=1S/C17H15ClN4O/c1-22-10-9-16(21-22)12-3-2-4-15(11-12)20-17(23)19-14-7-5-13(18)6-8-14/h2-11H,1H3,(H2,19,20,23). The normalized spacial score (nSPS) is 10.3. The van der Waals surface area contributed by atoms with E-state index in [-0.39, 0.29) is 6.03 Å². The van der Waals surface area contributed by atoms with E-state index in [1.807, 2.05) is 43.6 Å². The van der Waals surface area contributed by atoms with Gasteiger partial charge in [0.15, 0.2) is 0 Å². The Morgan fingerprint density at radius 3 is 2.48 bits per heavy atom. The summed E-state index contributed by atoms with van der Waals surface area (Å²) in [5.74, 6) is 0. The van der Waals surface area contributed by atoms with Crippen LogP contribution in [-0.4, -0.2) is 15.8 Å². The molecule has 2 amide bonds. The molecule has 0 radical (unpaired) electrons. The Labute approximate surface area is 138 Å². The number of hydrogen-bond acceptors (Lipinski definition) is 2. The minimum absolute atomic E-state index is 0.314. The summed E-state index contributed by atoms with van der Waals surface area (Å²) in [6.45, 7) is 0. The molecule has 0 bridgehead atoms. The van der Waals surface area contributed by atoms with E-state index in [1.165, 1.54) is 0 Å². The fraction of sp³-hybridized carbons (Fsp3) is 0.0588. The molecule has 3 aromatic rings. The first-order valence-electron chi connectivity index (χ1n) is 7.04. The van der Waals surface area contributed by atoms with Gasteiger partial charge in [-0.25, -0.2) is 4.79 Å². The van der Waals surface area contributed by atoms with Crippen molar-refractivity contribution in [3.05, 3.63) is 65.8 Å². The number of nitrogens with zero attached hydrogens (tertiary/aromatic N) is 2. The number of rotatable bonds is 3. The van der Waals surface area contributed by atoms with E-state index in [1.54, 1.807) is 28.9 Å². The van der Waals surface area contributed by atoms with E-state index in [0.717, 1.165) is 11.3 Å². The average Bonchev–Trinajstić information content (AvgIpc) is 2.96. The molecule has 3 rings (SSSR count). The predicted molar refractivity (Wildman–Crippen MR) is 92.7 cm³/mol. The molecule has 0 spiro atoms. The Morgan fingerprint density at radius 1 is 1.04 bits per heavy atom. The van der Waals surface area contributed by atoms with Gasteiger partial charge in [0.05, 0.1) is 5.69 Å². The molecule has 0 aliphatic heterocycles. The highest BCUT2D eigenvalue weighted by atomic mass is 35.5. The van der Waals surface area contributed by atoms with Gasteiger partial charge in [-0.15, -0.1) is 0 Å². The number of aromatic nitrogens is 2. The first-order chi connectivity index (χ1) is 11.1. The molecule has 0 unspecified atom stereocenters. The minimum Gasteiger partial charge on any atom is -0.308 e. The number of amides is 2. The summed E-state index contributed by atoms with van der Waals surface area (Å²) in [4.78, 5) is 12.0. The second-order valence-electron chi connectivity index (χ2n) is 5.04.